The number of likely N-dealkylation sites (tertiary alicyclic amines) is 1. The van der Waals surface area contributed by atoms with Gasteiger partial charge >= 0.3 is 0 Å². The zero-order valence-electron chi connectivity index (χ0n) is 12.1. The van der Waals surface area contributed by atoms with Gasteiger partial charge in [-0.3, -0.25) is 4.90 Å². The van der Waals surface area contributed by atoms with Crippen molar-refractivity contribution in [3.63, 3.8) is 0 Å². The van der Waals surface area contributed by atoms with Crippen LogP contribution in [0.4, 0.5) is 0 Å². The Bertz CT molecular complexity index is 601. The number of likely N-dealkylation sites (N-methyl/N-ethyl adjacent to an activating group) is 1. The van der Waals surface area contributed by atoms with Gasteiger partial charge in [0.1, 0.15) is 0 Å². The molecule has 2 heterocycles. The maximum Gasteiger partial charge on any atom is 0.259 e. The second-order valence-electron chi connectivity index (χ2n) is 5.36. The summed E-state index contributed by atoms with van der Waals surface area (Å²) in [4.78, 5) is 6.82. The standard InChI is InChI=1S/C15H19ClN4O/c1-17-11-5-4-8-20(9-11)10-14-18-15(21-19-14)12-6-2-3-7-13(12)16/h2-3,6-7,11,17H,4-5,8-10H2,1H3. The molecule has 2 aromatic rings. The molecule has 1 atom stereocenters. The van der Waals surface area contributed by atoms with Gasteiger partial charge in [-0.05, 0) is 38.6 Å². The van der Waals surface area contributed by atoms with Gasteiger partial charge < -0.3 is 9.84 Å². The minimum Gasteiger partial charge on any atom is -0.334 e. The Balaban J connectivity index is 1.69. The molecule has 1 aromatic heterocycles. The van der Waals surface area contributed by atoms with Crippen molar-refractivity contribution in [3.8, 4) is 11.5 Å². The van der Waals surface area contributed by atoms with E-state index in [2.05, 4.69) is 20.4 Å². The van der Waals surface area contributed by atoms with E-state index in [1.54, 1.807) is 0 Å². The number of benzene rings is 1. The molecule has 0 spiro atoms. The lowest BCUT2D eigenvalue weighted by Gasteiger charge is -2.31. The molecule has 0 amide bonds. The van der Waals surface area contributed by atoms with Gasteiger partial charge in [-0.2, -0.15) is 4.98 Å². The zero-order chi connectivity index (χ0) is 14.7. The number of nitrogens with one attached hydrogen (secondary N) is 1. The van der Waals surface area contributed by atoms with Gasteiger partial charge in [0.25, 0.3) is 5.89 Å². The topological polar surface area (TPSA) is 54.2 Å². The van der Waals surface area contributed by atoms with Crippen LogP contribution in [0.2, 0.25) is 5.02 Å². The van der Waals surface area contributed by atoms with E-state index in [-0.39, 0.29) is 0 Å². The molecule has 0 saturated carbocycles. The van der Waals surface area contributed by atoms with E-state index >= 15 is 0 Å². The summed E-state index contributed by atoms with van der Waals surface area (Å²) < 4.78 is 5.34. The van der Waals surface area contributed by atoms with Crippen LogP contribution in [-0.2, 0) is 6.54 Å². The van der Waals surface area contributed by atoms with Crippen molar-refractivity contribution in [1.29, 1.82) is 0 Å². The highest BCUT2D eigenvalue weighted by Crippen LogP contribution is 2.26. The van der Waals surface area contributed by atoms with E-state index in [4.69, 9.17) is 16.1 Å². The summed E-state index contributed by atoms with van der Waals surface area (Å²) >= 11 is 6.15. The number of hydrogen-bond acceptors (Lipinski definition) is 5. The van der Waals surface area contributed by atoms with Crippen LogP contribution in [0.1, 0.15) is 18.7 Å². The first kappa shape index (κ1) is 14.5. The minimum absolute atomic E-state index is 0.484. The lowest BCUT2D eigenvalue weighted by Crippen LogP contribution is -2.44. The molecule has 1 unspecified atom stereocenters. The summed E-state index contributed by atoms with van der Waals surface area (Å²) in [5, 5.41) is 8.03. The molecule has 3 rings (SSSR count). The lowest BCUT2D eigenvalue weighted by molar-refractivity contribution is 0.182. The van der Waals surface area contributed by atoms with Crippen molar-refractivity contribution in [2.24, 2.45) is 0 Å². The Morgan fingerprint density at radius 2 is 2.29 bits per heavy atom. The van der Waals surface area contributed by atoms with E-state index < -0.39 is 0 Å². The first-order chi connectivity index (χ1) is 10.3. The summed E-state index contributed by atoms with van der Waals surface area (Å²) in [5.74, 6) is 1.19. The predicted molar refractivity (Wildman–Crippen MR) is 82.1 cm³/mol. The Hall–Kier alpha value is -1.43. The van der Waals surface area contributed by atoms with Crippen LogP contribution in [0.5, 0.6) is 0 Å². The molecule has 1 N–H and O–H groups in total. The average molecular weight is 307 g/mol. The average Bonchev–Trinajstić information content (AvgIpc) is 2.96. The Morgan fingerprint density at radius 1 is 1.43 bits per heavy atom. The Morgan fingerprint density at radius 3 is 3.10 bits per heavy atom. The van der Waals surface area contributed by atoms with Crippen molar-refractivity contribution < 1.29 is 4.52 Å². The van der Waals surface area contributed by atoms with Crippen LogP contribution in [0.3, 0.4) is 0 Å². The van der Waals surface area contributed by atoms with E-state index in [1.165, 1.54) is 12.8 Å². The van der Waals surface area contributed by atoms with Gasteiger partial charge in [0.2, 0.25) is 0 Å². The lowest BCUT2D eigenvalue weighted by atomic mass is 10.1. The molecule has 1 aliphatic rings. The van der Waals surface area contributed by atoms with Crippen molar-refractivity contribution in [2.75, 3.05) is 20.1 Å². The molecule has 0 aliphatic carbocycles. The van der Waals surface area contributed by atoms with E-state index in [9.17, 15) is 0 Å². The molecular formula is C15H19ClN4O. The maximum absolute atomic E-state index is 6.15. The Kier molecular flexibility index (Phi) is 4.53. The fourth-order valence-electron chi connectivity index (χ4n) is 2.70. The number of halogens is 1. The SMILES string of the molecule is CNC1CCCN(Cc2noc(-c3ccccc3Cl)n2)C1. The van der Waals surface area contributed by atoms with Crippen LogP contribution in [-0.4, -0.2) is 41.2 Å². The summed E-state index contributed by atoms with van der Waals surface area (Å²) in [6.45, 7) is 2.81. The number of hydrogen-bond donors (Lipinski definition) is 1. The van der Waals surface area contributed by atoms with Gasteiger partial charge in [-0.25, -0.2) is 0 Å². The number of aromatic nitrogens is 2. The van der Waals surface area contributed by atoms with Crippen LogP contribution in [0.15, 0.2) is 28.8 Å². The third-order valence-corrected chi connectivity index (χ3v) is 4.18. The van der Waals surface area contributed by atoms with Gasteiger partial charge in [0.15, 0.2) is 5.82 Å². The highest BCUT2D eigenvalue weighted by Gasteiger charge is 2.20. The molecule has 1 saturated heterocycles. The summed E-state index contributed by atoms with van der Waals surface area (Å²) in [7, 11) is 2.01. The van der Waals surface area contributed by atoms with Crippen LogP contribution in [0.25, 0.3) is 11.5 Å². The summed E-state index contributed by atoms with van der Waals surface area (Å²) in [6, 6.07) is 8.05. The zero-order valence-corrected chi connectivity index (χ0v) is 12.8. The third kappa shape index (κ3) is 3.43. The van der Waals surface area contributed by atoms with Crippen molar-refractivity contribution >= 4 is 11.6 Å². The fourth-order valence-corrected chi connectivity index (χ4v) is 2.91. The van der Waals surface area contributed by atoms with E-state index in [1.807, 2.05) is 31.3 Å². The Labute approximate surface area is 129 Å². The largest absolute Gasteiger partial charge is 0.334 e. The molecule has 0 radical (unpaired) electrons. The molecular weight excluding hydrogens is 288 g/mol. The summed E-state index contributed by atoms with van der Waals surface area (Å²) in [5.41, 5.74) is 0.782. The molecule has 0 bridgehead atoms. The van der Waals surface area contributed by atoms with E-state index in [0.717, 1.165) is 18.7 Å². The maximum atomic E-state index is 6.15. The highest BCUT2D eigenvalue weighted by molar-refractivity contribution is 6.33. The minimum atomic E-state index is 0.484. The highest BCUT2D eigenvalue weighted by atomic mass is 35.5. The van der Waals surface area contributed by atoms with Gasteiger partial charge in [-0.15, -0.1) is 0 Å². The van der Waals surface area contributed by atoms with Crippen molar-refractivity contribution in [1.82, 2.24) is 20.4 Å². The number of rotatable bonds is 4. The first-order valence-electron chi connectivity index (χ1n) is 7.23. The molecule has 5 nitrogen and oxygen atoms in total. The molecule has 21 heavy (non-hydrogen) atoms. The smallest absolute Gasteiger partial charge is 0.259 e. The second kappa shape index (κ2) is 6.56. The normalized spacial score (nSPS) is 19.8. The van der Waals surface area contributed by atoms with Gasteiger partial charge in [0.05, 0.1) is 17.1 Å². The van der Waals surface area contributed by atoms with Gasteiger partial charge in [-0.1, -0.05) is 28.9 Å². The molecule has 1 aromatic carbocycles. The molecule has 1 aliphatic heterocycles. The fraction of sp³-hybridized carbons (Fsp3) is 0.467. The van der Waals surface area contributed by atoms with E-state index in [0.29, 0.717) is 29.3 Å². The monoisotopic (exact) mass is 306 g/mol. The van der Waals surface area contributed by atoms with Crippen LogP contribution in [0, 0.1) is 0 Å². The second-order valence-corrected chi connectivity index (χ2v) is 5.77. The molecule has 1 fully saturated rings. The van der Waals surface area contributed by atoms with Crippen molar-refractivity contribution in [2.45, 2.75) is 25.4 Å². The first-order valence-corrected chi connectivity index (χ1v) is 7.61. The molecule has 6 heteroatoms. The van der Waals surface area contributed by atoms with Gasteiger partial charge in [0, 0.05) is 12.6 Å². The third-order valence-electron chi connectivity index (χ3n) is 3.85. The number of piperidine rings is 1. The van der Waals surface area contributed by atoms with Crippen LogP contribution >= 0.6 is 11.6 Å². The number of nitrogens with zero attached hydrogens (tertiary/aromatic N) is 3. The predicted octanol–water partition coefficient (Wildman–Crippen LogP) is 2.57. The summed E-state index contributed by atoms with van der Waals surface area (Å²) in [6.07, 6.45) is 2.42. The van der Waals surface area contributed by atoms with Crippen molar-refractivity contribution in [3.05, 3.63) is 35.1 Å². The van der Waals surface area contributed by atoms with Crippen LogP contribution < -0.4 is 5.32 Å². The molecule has 112 valence electrons. The quantitative estimate of drug-likeness (QED) is 0.941.